The molecule has 0 unspecified atom stereocenters. The molecule has 0 saturated heterocycles. The highest BCUT2D eigenvalue weighted by Crippen LogP contribution is 2.36. The molecule has 3 nitrogen and oxygen atoms in total. The van der Waals surface area contributed by atoms with E-state index in [0.29, 0.717) is 17.3 Å². The average Bonchev–Trinajstić information content (AvgIpc) is 3.20. The molecule has 1 aromatic carbocycles. The summed E-state index contributed by atoms with van der Waals surface area (Å²) in [6.45, 7) is 2.26. The number of furan rings is 1. The van der Waals surface area contributed by atoms with Crippen molar-refractivity contribution in [2.45, 2.75) is 13.5 Å². The van der Waals surface area contributed by atoms with Gasteiger partial charge in [0, 0.05) is 9.35 Å². The van der Waals surface area contributed by atoms with Crippen molar-refractivity contribution in [1.82, 2.24) is 0 Å². The van der Waals surface area contributed by atoms with Gasteiger partial charge in [0.25, 0.3) is 0 Å². The molecule has 0 bridgehead atoms. The molecule has 26 heavy (non-hydrogen) atoms. The zero-order valence-electron chi connectivity index (χ0n) is 13.6. The molecule has 3 rings (SSSR count). The Bertz CT molecular complexity index is 949. The summed E-state index contributed by atoms with van der Waals surface area (Å²) in [5, 5.41) is 0. The first-order valence-electron chi connectivity index (χ1n) is 7.57. The molecular formula is C19H13Br3O3S. The summed E-state index contributed by atoms with van der Waals surface area (Å²) in [5.41, 5.74) is 0. The predicted molar refractivity (Wildman–Crippen MR) is 115 cm³/mol. The number of halogens is 3. The smallest absolute Gasteiger partial charge is 0.195 e. The fourth-order valence-corrected chi connectivity index (χ4v) is 5.45. The number of carbonyl (C=O) groups excluding carboxylic acids is 1. The van der Waals surface area contributed by atoms with Crippen LogP contribution in [0.25, 0.3) is 6.08 Å². The van der Waals surface area contributed by atoms with Crippen LogP contribution >= 0.6 is 59.1 Å². The van der Waals surface area contributed by atoms with Crippen molar-refractivity contribution in [3.8, 4) is 5.75 Å². The third-order valence-electron chi connectivity index (χ3n) is 3.39. The molecular weight excluding hydrogens is 548 g/mol. The zero-order chi connectivity index (χ0) is 18.7. The number of ether oxygens (including phenoxy) is 1. The Morgan fingerprint density at radius 1 is 1.15 bits per heavy atom. The quantitative estimate of drug-likeness (QED) is 0.233. The Balaban J connectivity index is 1.63. The van der Waals surface area contributed by atoms with E-state index in [-0.39, 0.29) is 12.4 Å². The van der Waals surface area contributed by atoms with Gasteiger partial charge in [-0.15, -0.1) is 11.3 Å². The van der Waals surface area contributed by atoms with Gasteiger partial charge in [0.2, 0.25) is 0 Å². The molecule has 0 aliphatic carbocycles. The van der Waals surface area contributed by atoms with Gasteiger partial charge in [-0.3, -0.25) is 4.79 Å². The molecule has 0 saturated carbocycles. The fraction of sp³-hybridized carbons (Fsp3) is 0.105. The van der Waals surface area contributed by atoms with Gasteiger partial charge < -0.3 is 9.15 Å². The van der Waals surface area contributed by atoms with E-state index in [4.69, 9.17) is 9.15 Å². The van der Waals surface area contributed by atoms with Crippen LogP contribution in [0, 0.1) is 6.92 Å². The molecule has 0 fully saturated rings. The maximum absolute atomic E-state index is 12.1. The summed E-state index contributed by atoms with van der Waals surface area (Å²) in [6.07, 6.45) is 3.20. The second-order valence-corrected chi connectivity index (χ2v) is 9.31. The summed E-state index contributed by atoms with van der Waals surface area (Å²) in [5.74, 6) is 1.95. The second kappa shape index (κ2) is 8.69. The number of hydrogen-bond acceptors (Lipinski definition) is 4. The van der Waals surface area contributed by atoms with Crippen molar-refractivity contribution in [2.75, 3.05) is 0 Å². The molecule has 0 amide bonds. The van der Waals surface area contributed by atoms with Crippen LogP contribution in [0.2, 0.25) is 0 Å². The van der Waals surface area contributed by atoms with E-state index in [1.807, 2.05) is 43.3 Å². The molecule has 7 heteroatoms. The number of benzene rings is 1. The van der Waals surface area contributed by atoms with Gasteiger partial charge in [-0.2, -0.15) is 0 Å². The van der Waals surface area contributed by atoms with Crippen molar-refractivity contribution in [1.29, 1.82) is 0 Å². The number of ketones is 1. The van der Waals surface area contributed by atoms with Crippen molar-refractivity contribution >= 4 is 71.0 Å². The van der Waals surface area contributed by atoms with Crippen LogP contribution in [-0.2, 0) is 6.61 Å². The van der Waals surface area contributed by atoms with Crippen molar-refractivity contribution in [3.63, 3.8) is 0 Å². The van der Waals surface area contributed by atoms with Crippen molar-refractivity contribution < 1.29 is 13.9 Å². The first-order valence-corrected chi connectivity index (χ1v) is 10.8. The van der Waals surface area contributed by atoms with Gasteiger partial charge in [0.1, 0.15) is 23.9 Å². The highest BCUT2D eigenvalue weighted by Gasteiger charge is 2.10. The molecule has 134 valence electrons. The molecule has 2 aromatic heterocycles. The Kier molecular flexibility index (Phi) is 6.55. The molecule has 0 radical (unpaired) electrons. The number of hydrogen-bond donors (Lipinski definition) is 0. The highest BCUT2D eigenvalue weighted by atomic mass is 79.9. The van der Waals surface area contributed by atoms with Gasteiger partial charge in [-0.1, -0.05) is 15.9 Å². The first-order chi connectivity index (χ1) is 12.4. The van der Waals surface area contributed by atoms with Crippen LogP contribution in [0.3, 0.4) is 0 Å². The minimum absolute atomic E-state index is 0.0278. The monoisotopic (exact) mass is 558 g/mol. The summed E-state index contributed by atoms with van der Waals surface area (Å²) >= 11 is 11.9. The van der Waals surface area contributed by atoms with E-state index in [1.54, 1.807) is 6.08 Å². The topological polar surface area (TPSA) is 39.4 Å². The van der Waals surface area contributed by atoms with Crippen molar-refractivity contribution in [2.24, 2.45) is 0 Å². The third kappa shape index (κ3) is 4.97. The molecule has 0 atom stereocenters. The SMILES string of the molecule is Cc1ccc(C(=O)/C=C/c2ccc(COc3c(Br)cc(Br)cc3Br)o2)s1. The van der Waals surface area contributed by atoms with Crippen LogP contribution in [0.15, 0.2) is 60.3 Å². The van der Waals surface area contributed by atoms with E-state index >= 15 is 0 Å². The minimum atomic E-state index is -0.0278. The summed E-state index contributed by atoms with van der Waals surface area (Å²) in [6, 6.07) is 11.2. The van der Waals surface area contributed by atoms with Crippen LogP contribution in [0.5, 0.6) is 5.75 Å². The van der Waals surface area contributed by atoms with Crippen LogP contribution in [0.4, 0.5) is 0 Å². The Morgan fingerprint density at radius 2 is 1.88 bits per heavy atom. The largest absolute Gasteiger partial charge is 0.483 e. The molecule has 3 aromatic rings. The predicted octanol–water partition coefficient (Wildman–Crippen LogP) is 7.41. The Labute approximate surface area is 180 Å². The lowest BCUT2D eigenvalue weighted by atomic mass is 10.3. The second-order valence-electron chi connectivity index (χ2n) is 5.40. The van der Waals surface area contributed by atoms with Gasteiger partial charge in [-0.05, 0) is 87.3 Å². The first kappa shape index (κ1) is 19.6. The lowest BCUT2D eigenvalue weighted by Gasteiger charge is -2.09. The molecule has 0 aliphatic rings. The number of rotatable bonds is 6. The Hall–Kier alpha value is -1.15. The van der Waals surface area contributed by atoms with E-state index in [0.717, 1.165) is 23.2 Å². The van der Waals surface area contributed by atoms with Crippen molar-refractivity contribution in [3.05, 3.63) is 77.2 Å². The van der Waals surface area contributed by atoms with E-state index in [1.165, 1.54) is 17.4 Å². The normalized spacial score (nSPS) is 11.2. The lowest BCUT2D eigenvalue weighted by Crippen LogP contribution is -1.95. The zero-order valence-corrected chi connectivity index (χ0v) is 19.2. The Morgan fingerprint density at radius 3 is 2.54 bits per heavy atom. The van der Waals surface area contributed by atoms with Gasteiger partial charge in [0.05, 0.1) is 13.8 Å². The van der Waals surface area contributed by atoms with Gasteiger partial charge in [-0.25, -0.2) is 0 Å². The summed E-state index contributed by atoms with van der Waals surface area (Å²) < 4.78 is 14.1. The van der Waals surface area contributed by atoms with Crippen LogP contribution in [-0.4, -0.2) is 5.78 Å². The molecule has 0 aliphatic heterocycles. The standard InChI is InChI=1S/C19H13Br3O3S/c1-11-2-7-18(26-11)17(23)6-5-13-3-4-14(25-13)10-24-19-15(21)8-12(20)9-16(19)22/h2-9H,10H2,1H3/b6-5+. The summed E-state index contributed by atoms with van der Waals surface area (Å²) in [7, 11) is 0. The third-order valence-corrected chi connectivity index (χ3v) is 6.04. The number of aryl methyl sites for hydroxylation is 1. The average molecular weight is 561 g/mol. The highest BCUT2D eigenvalue weighted by molar-refractivity contribution is 9.11. The minimum Gasteiger partial charge on any atom is -0.483 e. The van der Waals surface area contributed by atoms with Crippen LogP contribution < -0.4 is 4.74 Å². The molecule has 0 N–H and O–H groups in total. The number of carbonyl (C=O) groups is 1. The van der Waals surface area contributed by atoms with E-state index in [2.05, 4.69) is 47.8 Å². The lowest BCUT2D eigenvalue weighted by molar-refractivity contribution is 0.105. The number of allylic oxidation sites excluding steroid dienone is 1. The van der Waals surface area contributed by atoms with E-state index in [9.17, 15) is 4.79 Å². The van der Waals surface area contributed by atoms with Gasteiger partial charge in [0.15, 0.2) is 5.78 Å². The number of thiophene rings is 1. The molecule has 2 heterocycles. The van der Waals surface area contributed by atoms with E-state index < -0.39 is 0 Å². The fourth-order valence-electron chi connectivity index (χ4n) is 2.18. The van der Waals surface area contributed by atoms with Gasteiger partial charge >= 0.3 is 0 Å². The molecule has 0 spiro atoms. The maximum Gasteiger partial charge on any atom is 0.195 e. The maximum atomic E-state index is 12.1. The summed E-state index contributed by atoms with van der Waals surface area (Å²) in [4.78, 5) is 13.9. The van der Waals surface area contributed by atoms with Crippen LogP contribution in [0.1, 0.15) is 26.1 Å².